The van der Waals surface area contributed by atoms with Crippen LogP contribution >= 0.6 is 0 Å². The molecule has 1 saturated heterocycles. The molecule has 0 spiro atoms. The van der Waals surface area contributed by atoms with Crippen LogP contribution in [-0.2, 0) is 17.6 Å². The maximum absolute atomic E-state index is 12.4. The second kappa shape index (κ2) is 11.5. The number of carbonyl (C=O) groups excluding carboxylic acids is 1. The molecule has 0 saturated carbocycles. The van der Waals surface area contributed by atoms with E-state index in [1.807, 2.05) is 36.7 Å². The Kier molecular flexibility index (Phi) is 7.74. The molecule has 5 rings (SSSR count). The monoisotopic (exact) mass is 503 g/mol. The maximum atomic E-state index is 12.4. The molecule has 1 N–H and O–H groups in total. The van der Waals surface area contributed by atoms with Crippen molar-refractivity contribution >= 4 is 23.4 Å². The molecule has 2 aromatic heterocycles. The number of rotatable bonds is 9. The van der Waals surface area contributed by atoms with E-state index >= 15 is 0 Å². The highest BCUT2D eigenvalue weighted by Gasteiger charge is 2.25. The van der Waals surface area contributed by atoms with Gasteiger partial charge >= 0.3 is 0 Å². The number of ether oxygens (including phenoxy) is 2. The van der Waals surface area contributed by atoms with Crippen molar-refractivity contribution in [1.82, 2.24) is 25.3 Å². The first-order valence-corrected chi connectivity index (χ1v) is 12.9. The first-order chi connectivity index (χ1) is 18.1. The van der Waals surface area contributed by atoms with Crippen LogP contribution in [-0.4, -0.2) is 71.8 Å². The van der Waals surface area contributed by atoms with Crippen LogP contribution in [0.15, 0.2) is 43.0 Å². The van der Waals surface area contributed by atoms with Gasteiger partial charge in [0.25, 0.3) is 5.91 Å². The van der Waals surface area contributed by atoms with Gasteiger partial charge < -0.3 is 24.6 Å². The summed E-state index contributed by atoms with van der Waals surface area (Å²) in [5.41, 5.74) is 3.98. The zero-order chi connectivity index (χ0) is 25.6. The van der Waals surface area contributed by atoms with E-state index in [2.05, 4.69) is 42.0 Å². The smallest absolute Gasteiger partial charge is 0.251 e. The lowest BCUT2D eigenvalue weighted by Gasteiger charge is -2.32. The predicted octanol–water partition coefficient (Wildman–Crippen LogP) is 2.95. The number of fused-ring (bicyclic) bond motifs is 1. The van der Waals surface area contributed by atoms with Gasteiger partial charge in [0.2, 0.25) is 11.8 Å². The van der Waals surface area contributed by atoms with Crippen molar-refractivity contribution in [2.45, 2.75) is 38.7 Å². The third-order valence-corrected chi connectivity index (χ3v) is 6.85. The molecule has 4 heterocycles. The number of carbonyl (C=O) groups is 1. The van der Waals surface area contributed by atoms with Crippen molar-refractivity contribution < 1.29 is 14.3 Å². The summed E-state index contributed by atoms with van der Waals surface area (Å²) in [5.74, 6) is 2.06. The fourth-order valence-electron chi connectivity index (χ4n) is 4.73. The van der Waals surface area contributed by atoms with Gasteiger partial charge in [0.1, 0.15) is 18.2 Å². The first kappa shape index (κ1) is 24.9. The zero-order valence-corrected chi connectivity index (χ0v) is 21.4. The number of hydrogen-bond acceptors (Lipinski definition) is 9. The van der Waals surface area contributed by atoms with Crippen LogP contribution in [0.25, 0.3) is 0 Å². The first-order valence-electron chi connectivity index (χ1n) is 12.9. The van der Waals surface area contributed by atoms with Gasteiger partial charge in [-0.3, -0.25) is 4.79 Å². The largest absolute Gasteiger partial charge is 0.474 e. The number of nitrogens with zero attached hydrogens (tertiary/aromatic N) is 6. The number of nitrogens with one attached hydrogen (secondary N) is 1. The van der Waals surface area contributed by atoms with Gasteiger partial charge in [-0.05, 0) is 42.2 Å². The number of benzene rings is 1. The molecular formula is C27H33N7O3. The Balaban J connectivity index is 1.19. The SMILES string of the molecule is CCc1cnc(N2CCC(Oc3cc(N4CCc5cc(C(=O)NCCOC)ccc54)ncn3)CC2)nc1. The molecule has 0 unspecified atom stereocenters. The van der Waals surface area contributed by atoms with E-state index in [1.165, 1.54) is 0 Å². The van der Waals surface area contributed by atoms with Crippen LogP contribution in [0, 0.1) is 0 Å². The number of piperidine rings is 1. The maximum Gasteiger partial charge on any atom is 0.251 e. The van der Waals surface area contributed by atoms with Crippen LogP contribution in [0.3, 0.4) is 0 Å². The average molecular weight is 504 g/mol. The minimum Gasteiger partial charge on any atom is -0.474 e. The Hall–Kier alpha value is -3.79. The summed E-state index contributed by atoms with van der Waals surface area (Å²) in [4.78, 5) is 34.6. The third-order valence-electron chi connectivity index (χ3n) is 6.85. The quantitative estimate of drug-likeness (QED) is 0.441. The lowest BCUT2D eigenvalue weighted by atomic mass is 10.1. The van der Waals surface area contributed by atoms with Crippen molar-refractivity contribution in [3.63, 3.8) is 0 Å². The predicted molar refractivity (Wildman–Crippen MR) is 141 cm³/mol. The van der Waals surface area contributed by atoms with Gasteiger partial charge in [0.15, 0.2) is 0 Å². The van der Waals surface area contributed by atoms with Crippen LogP contribution in [0.5, 0.6) is 5.88 Å². The highest BCUT2D eigenvalue weighted by molar-refractivity contribution is 5.95. The number of methoxy groups -OCH3 is 1. The van der Waals surface area contributed by atoms with Gasteiger partial charge in [-0.2, -0.15) is 0 Å². The Morgan fingerprint density at radius 1 is 1.08 bits per heavy atom. The molecule has 10 heteroatoms. The third kappa shape index (κ3) is 5.80. The summed E-state index contributed by atoms with van der Waals surface area (Å²) in [5, 5.41) is 2.87. The van der Waals surface area contributed by atoms with Crippen molar-refractivity contribution in [2.75, 3.05) is 49.7 Å². The van der Waals surface area contributed by atoms with E-state index in [9.17, 15) is 4.79 Å². The van der Waals surface area contributed by atoms with Crippen molar-refractivity contribution in [3.8, 4) is 5.88 Å². The molecule has 0 atom stereocenters. The lowest BCUT2D eigenvalue weighted by molar-refractivity contribution is 0.0937. The molecule has 2 aliphatic heterocycles. The van der Waals surface area contributed by atoms with Crippen LogP contribution in [0.1, 0.15) is 41.3 Å². The van der Waals surface area contributed by atoms with E-state index in [-0.39, 0.29) is 12.0 Å². The summed E-state index contributed by atoms with van der Waals surface area (Å²) in [7, 11) is 1.62. The van der Waals surface area contributed by atoms with E-state index in [0.29, 0.717) is 24.6 Å². The Morgan fingerprint density at radius 3 is 2.65 bits per heavy atom. The summed E-state index contributed by atoms with van der Waals surface area (Å²) in [6.07, 6.45) is 8.98. The number of hydrogen-bond donors (Lipinski definition) is 1. The number of aromatic nitrogens is 4. The van der Waals surface area contributed by atoms with Crippen LogP contribution in [0.2, 0.25) is 0 Å². The van der Waals surface area contributed by atoms with E-state index in [1.54, 1.807) is 13.4 Å². The molecule has 2 aliphatic rings. The Bertz CT molecular complexity index is 1210. The van der Waals surface area contributed by atoms with Crippen molar-refractivity contribution in [2.24, 2.45) is 0 Å². The Labute approximate surface area is 217 Å². The van der Waals surface area contributed by atoms with Crippen LogP contribution in [0.4, 0.5) is 17.5 Å². The fraction of sp³-hybridized carbons (Fsp3) is 0.444. The van der Waals surface area contributed by atoms with E-state index in [4.69, 9.17) is 9.47 Å². The van der Waals surface area contributed by atoms with Gasteiger partial charge in [-0.25, -0.2) is 19.9 Å². The van der Waals surface area contributed by atoms with Crippen molar-refractivity contribution in [1.29, 1.82) is 0 Å². The molecular weight excluding hydrogens is 470 g/mol. The molecule has 194 valence electrons. The average Bonchev–Trinajstić information content (AvgIpc) is 3.37. The molecule has 1 fully saturated rings. The van der Waals surface area contributed by atoms with Gasteiger partial charge in [0, 0.05) is 75.8 Å². The second-order valence-corrected chi connectivity index (χ2v) is 9.26. The molecule has 37 heavy (non-hydrogen) atoms. The number of aryl methyl sites for hydroxylation is 1. The fourth-order valence-corrected chi connectivity index (χ4v) is 4.73. The normalized spacial score (nSPS) is 15.5. The molecule has 1 amide bonds. The summed E-state index contributed by atoms with van der Waals surface area (Å²) < 4.78 is 11.3. The minimum atomic E-state index is -0.0911. The highest BCUT2D eigenvalue weighted by Crippen LogP contribution is 2.35. The zero-order valence-electron chi connectivity index (χ0n) is 21.4. The molecule has 3 aromatic rings. The van der Waals surface area contributed by atoms with E-state index in [0.717, 1.165) is 73.9 Å². The highest BCUT2D eigenvalue weighted by atomic mass is 16.5. The molecule has 10 nitrogen and oxygen atoms in total. The Morgan fingerprint density at radius 2 is 1.89 bits per heavy atom. The summed E-state index contributed by atoms with van der Waals surface area (Å²) >= 11 is 0. The van der Waals surface area contributed by atoms with Crippen molar-refractivity contribution in [3.05, 3.63) is 59.7 Å². The second-order valence-electron chi connectivity index (χ2n) is 9.26. The minimum absolute atomic E-state index is 0.0824. The molecule has 1 aromatic carbocycles. The molecule has 0 radical (unpaired) electrons. The van der Waals surface area contributed by atoms with Gasteiger partial charge in [0.05, 0.1) is 6.61 Å². The topological polar surface area (TPSA) is 106 Å². The lowest BCUT2D eigenvalue weighted by Crippen LogP contribution is -2.39. The van der Waals surface area contributed by atoms with Gasteiger partial charge in [-0.1, -0.05) is 6.92 Å². The standard InChI is InChI=1S/C27H33N7O3/c1-3-19-16-29-27(30-17-19)33-10-7-22(8-11-33)37-25-15-24(31-18-32-25)34-12-6-20-14-21(4-5-23(20)34)26(35)28-9-13-36-2/h4-5,14-18,22H,3,6-13H2,1-2H3,(H,28,35). The summed E-state index contributed by atoms with van der Waals surface area (Å²) in [6.45, 7) is 5.55. The van der Waals surface area contributed by atoms with Crippen LogP contribution < -0.4 is 19.9 Å². The molecule has 0 bridgehead atoms. The van der Waals surface area contributed by atoms with E-state index < -0.39 is 0 Å². The number of anilines is 3. The van der Waals surface area contributed by atoms with Gasteiger partial charge in [-0.15, -0.1) is 0 Å². The number of amides is 1. The summed E-state index contributed by atoms with van der Waals surface area (Å²) in [6, 6.07) is 7.70. The molecule has 0 aliphatic carbocycles.